The number of nitrogens with zero attached hydrogens (tertiary/aromatic N) is 1. The second-order valence-electron chi connectivity index (χ2n) is 2.37. The van der Waals surface area contributed by atoms with Gasteiger partial charge in [0.05, 0.1) is 7.11 Å². The van der Waals surface area contributed by atoms with E-state index in [1.54, 1.807) is 7.05 Å². The number of ether oxygens (including phenoxy) is 1. The van der Waals surface area contributed by atoms with Crippen LogP contribution in [-0.4, -0.2) is 38.3 Å². The zero-order valence-electron chi connectivity index (χ0n) is 8.00. The Kier molecular flexibility index (Phi) is 6.70. The van der Waals surface area contributed by atoms with Gasteiger partial charge in [0.15, 0.2) is 0 Å². The van der Waals surface area contributed by atoms with Crippen LogP contribution in [0.15, 0.2) is 0 Å². The van der Waals surface area contributed by atoms with Crippen molar-refractivity contribution in [3.8, 4) is 0 Å². The first kappa shape index (κ1) is 11.4. The van der Waals surface area contributed by atoms with Crippen LogP contribution in [0, 0.1) is 0 Å². The first-order valence-corrected chi connectivity index (χ1v) is 4.10. The van der Waals surface area contributed by atoms with E-state index in [-0.39, 0.29) is 5.91 Å². The molecule has 12 heavy (non-hydrogen) atoms. The normalized spacial score (nSPS) is 9.92. The summed E-state index contributed by atoms with van der Waals surface area (Å²) < 4.78 is 5.09. The summed E-state index contributed by atoms with van der Waals surface area (Å²) in [5, 5.41) is 1.23. The van der Waals surface area contributed by atoms with Crippen molar-refractivity contribution in [3.05, 3.63) is 0 Å². The molecule has 1 amide bonds. The van der Waals surface area contributed by atoms with E-state index in [2.05, 4.69) is 0 Å². The standard InChI is InChI=1S/C8H17NO3/c1-4-12-7-5-6-8(10)9(2)11-3/h4-7H2,1-3H3. The van der Waals surface area contributed by atoms with Crippen LogP contribution in [0.2, 0.25) is 0 Å². The van der Waals surface area contributed by atoms with Crippen LogP contribution in [-0.2, 0) is 14.4 Å². The molecule has 0 N–H and O–H groups in total. The molecule has 0 spiro atoms. The minimum atomic E-state index is -0.0165. The van der Waals surface area contributed by atoms with Crippen LogP contribution >= 0.6 is 0 Å². The lowest BCUT2D eigenvalue weighted by Crippen LogP contribution is -2.25. The first-order chi connectivity index (χ1) is 5.72. The number of hydrogen-bond donors (Lipinski definition) is 0. The maximum absolute atomic E-state index is 11.1. The fourth-order valence-electron chi connectivity index (χ4n) is 0.729. The van der Waals surface area contributed by atoms with E-state index < -0.39 is 0 Å². The first-order valence-electron chi connectivity index (χ1n) is 4.10. The van der Waals surface area contributed by atoms with Crippen molar-refractivity contribution in [1.82, 2.24) is 5.06 Å². The molecule has 0 aliphatic carbocycles. The molecule has 0 radical (unpaired) electrons. The predicted octanol–water partition coefficient (Wildman–Crippen LogP) is 0.823. The third kappa shape index (κ3) is 5.09. The quantitative estimate of drug-likeness (QED) is 0.443. The second-order valence-corrected chi connectivity index (χ2v) is 2.37. The van der Waals surface area contributed by atoms with E-state index in [0.717, 1.165) is 6.42 Å². The topological polar surface area (TPSA) is 38.8 Å². The third-order valence-corrected chi connectivity index (χ3v) is 1.51. The summed E-state index contributed by atoms with van der Waals surface area (Å²) in [4.78, 5) is 15.8. The third-order valence-electron chi connectivity index (χ3n) is 1.51. The highest BCUT2D eigenvalue weighted by molar-refractivity contribution is 5.74. The molecule has 0 rings (SSSR count). The summed E-state index contributed by atoms with van der Waals surface area (Å²) in [5.41, 5.74) is 0. The van der Waals surface area contributed by atoms with Crippen LogP contribution in [0.25, 0.3) is 0 Å². The number of carbonyl (C=O) groups excluding carboxylic acids is 1. The van der Waals surface area contributed by atoms with E-state index in [9.17, 15) is 4.79 Å². The summed E-state index contributed by atoms with van der Waals surface area (Å²) >= 11 is 0. The SMILES string of the molecule is CCOCCCC(=O)N(C)OC. The van der Waals surface area contributed by atoms with Crippen molar-refractivity contribution < 1.29 is 14.4 Å². The Labute approximate surface area is 73.4 Å². The monoisotopic (exact) mass is 175 g/mol. The summed E-state index contributed by atoms with van der Waals surface area (Å²) in [5.74, 6) is -0.0165. The lowest BCUT2D eigenvalue weighted by Gasteiger charge is -2.12. The number of hydroxylamine groups is 2. The fraction of sp³-hybridized carbons (Fsp3) is 0.875. The molecule has 72 valence electrons. The molecule has 0 aliphatic rings. The van der Waals surface area contributed by atoms with Crippen molar-refractivity contribution in [3.63, 3.8) is 0 Å². The molecule has 0 saturated heterocycles. The lowest BCUT2D eigenvalue weighted by atomic mass is 10.3. The van der Waals surface area contributed by atoms with Gasteiger partial charge in [0.2, 0.25) is 5.91 Å². The van der Waals surface area contributed by atoms with Crippen LogP contribution < -0.4 is 0 Å². The van der Waals surface area contributed by atoms with Gasteiger partial charge in [-0.25, -0.2) is 5.06 Å². The largest absolute Gasteiger partial charge is 0.382 e. The Balaban J connectivity index is 3.31. The van der Waals surface area contributed by atoms with Crippen molar-refractivity contribution in [2.45, 2.75) is 19.8 Å². The van der Waals surface area contributed by atoms with Crippen molar-refractivity contribution in [2.24, 2.45) is 0 Å². The van der Waals surface area contributed by atoms with Crippen LogP contribution in [0.4, 0.5) is 0 Å². The molecule has 0 saturated carbocycles. The van der Waals surface area contributed by atoms with Gasteiger partial charge in [-0.3, -0.25) is 9.63 Å². The molecule has 0 aromatic carbocycles. The molecule has 0 bridgehead atoms. The number of carbonyl (C=O) groups is 1. The van der Waals surface area contributed by atoms with E-state index in [0.29, 0.717) is 19.6 Å². The second kappa shape index (κ2) is 7.06. The minimum absolute atomic E-state index is 0.0165. The molecule has 0 heterocycles. The molecule has 4 nitrogen and oxygen atoms in total. The van der Waals surface area contributed by atoms with Crippen LogP contribution in [0.5, 0.6) is 0 Å². The zero-order chi connectivity index (χ0) is 9.40. The van der Waals surface area contributed by atoms with Crippen molar-refractivity contribution in [2.75, 3.05) is 27.4 Å². The molecule has 0 aromatic heterocycles. The van der Waals surface area contributed by atoms with Gasteiger partial charge in [0.25, 0.3) is 0 Å². The maximum Gasteiger partial charge on any atom is 0.245 e. The van der Waals surface area contributed by atoms with Gasteiger partial charge in [-0.15, -0.1) is 0 Å². The summed E-state index contributed by atoms with van der Waals surface area (Å²) in [6, 6.07) is 0. The van der Waals surface area contributed by atoms with E-state index in [4.69, 9.17) is 9.57 Å². The van der Waals surface area contributed by atoms with Gasteiger partial charge >= 0.3 is 0 Å². The Morgan fingerprint density at radius 2 is 2.17 bits per heavy atom. The minimum Gasteiger partial charge on any atom is -0.382 e. The number of hydrogen-bond acceptors (Lipinski definition) is 3. The Bertz CT molecular complexity index is 127. The summed E-state index contributed by atoms with van der Waals surface area (Å²) in [6.07, 6.45) is 1.23. The summed E-state index contributed by atoms with van der Waals surface area (Å²) in [7, 11) is 3.07. The van der Waals surface area contributed by atoms with Crippen molar-refractivity contribution >= 4 is 5.91 Å². The van der Waals surface area contributed by atoms with Gasteiger partial charge in [0, 0.05) is 26.7 Å². The highest BCUT2D eigenvalue weighted by Gasteiger charge is 2.06. The Morgan fingerprint density at radius 1 is 1.50 bits per heavy atom. The van der Waals surface area contributed by atoms with E-state index >= 15 is 0 Å². The molecular formula is C8H17NO3. The van der Waals surface area contributed by atoms with Gasteiger partial charge in [0.1, 0.15) is 0 Å². The highest BCUT2D eigenvalue weighted by Crippen LogP contribution is 1.95. The average Bonchev–Trinajstić information content (AvgIpc) is 2.10. The van der Waals surface area contributed by atoms with Crippen molar-refractivity contribution in [1.29, 1.82) is 0 Å². The van der Waals surface area contributed by atoms with Gasteiger partial charge in [-0.05, 0) is 13.3 Å². The Hall–Kier alpha value is -0.610. The average molecular weight is 175 g/mol. The Morgan fingerprint density at radius 3 is 2.67 bits per heavy atom. The molecule has 0 unspecified atom stereocenters. The lowest BCUT2D eigenvalue weighted by molar-refractivity contribution is -0.168. The van der Waals surface area contributed by atoms with Gasteiger partial charge in [-0.1, -0.05) is 0 Å². The van der Waals surface area contributed by atoms with Gasteiger partial charge < -0.3 is 4.74 Å². The van der Waals surface area contributed by atoms with Crippen LogP contribution in [0.3, 0.4) is 0 Å². The number of rotatable bonds is 6. The summed E-state index contributed by atoms with van der Waals surface area (Å²) in [6.45, 7) is 3.28. The predicted molar refractivity (Wildman–Crippen MR) is 45.5 cm³/mol. The smallest absolute Gasteiger partial charge is 0.245 e. The molecule has 0 aromatic rings. The number of amides is 1. The molecule has 4 heteroatoms. The molecule has 0 atom stereocenters. The maximum atomic E-state index is 11.1. The molecule has 0 aliphatic heterocycles. The fourth-order valence-corrected chi connectivity index (χ4v) is 0.729. The highest BCUT2D eigenvalue weighted by atomic mass is 16.7. The zero-order valence-corrected chi connectivity index (χ0v) is 8.00. The molecule has 0 fully saturated rings. The van der Waals surface area contributed by atoms with E-state index in [1.165, 1.54) is 12.2 Å². The van der Waals surface area contributed by atoms with Crippen LogP contribution in [0.1, 0.15) is 19.8 Å². The van der Waals surface area contributed by atoms with Gasteiger partial charge in [-0.2, -0.15) is 0 Å². The van der Waals surface area contributed by atoms with E-state index in [1.807, 2.05) is 6.92 Å². The molecular weight excluding hydrogens is 158 g/mol.